The van der Waals surface area contributed by atoms with Crippen molar-refractivity contribution in [1.82, 2.24) is 4.98 Å². The molecule has 0 saturated carbocycles. The topological polar surface area (TPSA) is 151 Å². The minimum absolute atomic E-state index is 0.324. The summed E-state index contributed by atoms with van der Waals surface area (Å²) in [5.74, 6) is 0. The van der Waals surface area contributed by atoms with Crippen molar-refractivity contribution < 1.29 is 34.1 Å². The molecule has 0 aliphatic heterocycles. The lowest BCUT2D eigenvalue weighted by molar-refractivity contribution is 0.427. The van der Waals surface area contributed by atoms with E-state index in [2.05, 4.69) is 8.61 Å². The molecule has 0 atom stereocenters. The second kappa shape index (κ2) is 7.54. The van der Waals surface area contributed by atoms with Gasteiger partial charge in [0, 0.05) is 6.20 Å². The lowest BCUT2D eigenvalue weighted by Crippen LogP contribution is -1.99. The van der Waals surface area contributed by atoms with Gasteiger partial charge in [0.2, 0.25) is 0 Å². The molecule has 0 amide bonds. The summed E-state index contributed by atoms with van der Waals surface area (Å²) in [5, 5.41) is -0.324. The molecule has 0 bridgehead atoms. The van der Waals surface area contributed by atoms with Crippen molar-refractivity contribution in [2.45, 2.75) is 5.03 Å². The molecule has 0 aliphatic carbocycles. The van der Waals surface area contributed by atoms with Crippen LogP contribution in [0.3, 0.4) is 0 Å². The molecule has 1 aromatic heterocycles. The molecular weight excluding hydrogens is 298 g/mol. The van der Waals surface area contributed by atoms with Crippen molar-refractivity contribution in [2.75, 3.05) is 0 Å². The van der Waals surface area contributed by atoms with Gasteiger partial charge in [-0.05, 0) is 12.1 Å². The van der Waals surface area contributed by atoms with Crippen LogP contribution in [0.15, 0.2) is 29.4 Å². The van der Waals surface area contributed by atoms with Crippen LogP contribution in [0.1, 0.15) is 0 Å². The summed E-state index contributed by atoms with van der Waals surface area (Å²) in [7, 11) is -4.11. The SMILES string of the molecule is O=S(=O)(O)c1ccccn1.O=S(O)OS(=O)O. The largest absolute Gasteiger partial charge is 0.317 e. The van der Waals surface area contributed by atoms with Gasteiger partial charge in [0.15, 0.2) is 5.03 Å². The molecule has 9 nitrogen and oxygen atoms in total. The Hall–Kier alpha value is -0.760. The van der Waals surface area contributed by atoms with Crippen molar-refractivity contribution in [3.8, 4) is 0 Å². The summed E-state index contributed by atoms with van der Waals surface area (Å²) in [6.45, 7) is 0. The number of rotatable bonds is 3. The minimum Gasteiger partial charge on any atom is -0.283 e. The maximum atomic E-state index is 10.3. The van der Waals surface area contributed by atoms with Gasteiger partial charge in [0.05, 0.1) is 0 Å². The number of hydrogen-bond donors (Lipinski definition) is 3. The Balaban J connectivity index is 0.000000325. The van der Waals surface area contributed by atoms with Crippen LogP contribution in [0.5, 0.6) is 0 Å². The van der Waals surface area contributed by atoms with Crippen LogP contribution in [0.25, 0.3) is 0 Å². The van der Waals surface area contributed by atoms with Gasteiger partial charge in [-0.3, -0.25) is 13.7 Å². The Morgan fingerprint density at radius 2 is 1.71 bits per heavy atom. The highest BCUT2D eigenvalue weighted by atomic mass is 32.3. The van der Waals surface area contributed by atoms with Gasteiger partial charge in [-0.2, -0.15) is 16.8 Å². The van der Waals surface area contributed by atoms with Crippen LogP contribution in [-0.2, 0) is 36.5 Å². The summed E-state index contributed by atoms with van der Waals surface area (Å²) in [6, 6.07) is 4.26. The van der Waals surface area contributed by atoms with Crippen LogP contribution in [-0.4, -0.2) is 35.5 Å². The van der Waals surface area contributed by atoms with Crippen LogP contribution in [0.4, 0.5) is 0 Å². The smallest absolute Gasteiger partial charge is 0.283 e. The van der Waals surface area contributed by atoms with E-state index in [0.29, 0.717) is 0 Å². The van der Waals surface area contributed by atoms with E-state index < -0.39 is 32.8 Å². The van der Waals surface area contributed by atoms with E-state index in [-0.39, 0.29) is 5.03 Å². The Morgan fingerprint density at radius 3 is 1.88 bits per heavy atom. The van der Waals surface area contributed by atoms with E-state index in [4.69, 9.17) is 13.7 Å². The zero-order valence-corrected chi connectivity index (χ0v) is 10.3. The van der Waals surface area contributed by atoms with Gasteiger partial charge in [-0.1, -0.05) is 6.07 Å². The summed E-state index contributed by atoms with van der Waals surface area (Å²) in [5.41, 5.74) is 0. The Labute approximate surface area is 102 Å². The second-order valence-electron chi connectivity index (χ2n) is 2.15. The molecular formula is C5H7NO8S3. The summed E-state index contributed by atoms with van der Waals surface area (Å²) in [6.07, 6.45) is 1.29. The summed E-state index contributed by atoms with van der Waals surface area (Å²) < 4.78 is 66.3. The first-order valence-corrected chi connectivity index (χ1v) is 7.03. The molecule has 0 saturated heterocycles. The number of aromatic nitrogens is 1. The van der Waals surface area contributed by atoms with Crippen molar-refractivity contribution in [2.24, 2.45) is 0 Å². The molecule has 3 N–H and O–H groups in total. The maximum Gasteiger partial charge on any atom is 0.317 e. The minimum atomic E-state index is -4.11. The third-order valence-electron chi connectivity index (χ3n) is 1.02. The highest BCUT2D eigenvalue weighted by Crippen LogP contribution is 2.00. The fraction of sp³-hybridized carbons (Fsp3) is 0. The molecule has 98 valence electrons. The first-order valence-electron chi connectivity index (χ1n) is 3.52. The quantitative estimate of drug-likeness (QED) is 0.500. The average Bonchev–Trinajstić information content (AvgIpc) is 2.16. The number of nitrogens with zero attached hydrogens (tertiary/aromatic N) is 1. The fourth-order valence-electron chi connectivity index (χ4n) is 0.549. The van der Waals surface area contributed by atoms with Gasteiger partial charge in [-0.25, -0.2) is 4.98 Å². The standard InChI is InChI=1S/C5H5NO3S.H2O5S2/c7-10(8,9)5-3-1-2-4-6-5;1-6(2)5-7(3)4/h1-4H,(H,7,8,9);(H,1,2)(H,3,4). The predicted molar refractivity (Wildman–Crippen MR) is 56.7 cm³/mol. The number of hydrogen-bond acceptors (Lipinski definition) is 6. The van der Waals surface area contributed by atoms with Crippen molar-refractivity contribution in [3.05, 3.63) is 24.4 Å². The van der Waals surface area contributed by atoms with E-state index in [9.17, 15) is 16.8 Å². The first kappa shape index (κ1) is 16.2. The van der Waals surface area contributed by atoms with Gasteiger partial charge in [0.25, 0.3) is 0 Å². The van der Waals surface area contributed by atoms with Crippen molar-refractivity contribution in [3.63, 3.8) is 0 Å². The predicted octanol–water partition coefficient (Wildman–Crippen LogP) is -0.395. The normalized spacial score (nSPS) is 14.3. The summed E-state index contributed by atoms with van der Waals surface area (Å²) >= 11 is -5.29. The molecule has 1 heterocycles. The van der Waals surface area contributed by atoms with E-state index in [0.717, 1.165) is 0 Å². The zero-order valence-electron chi connectivity index (χ0n) is 7.86. The van der Waals surface area contributed by atoms with Gasteiger partial charge in [-0.15, -0.1) is 3.63 Å². The highest BCUT2D eigenvalue weighted by molar-refractivity contribution is 7.87. The molecule has 0 spiro atoms. The van der Waals surface area contributed by atoms with E-state index in [1.54, 1.807) is 6.07 Å². The molecule has 0 radical (unpaired) electrons. The Bertz CT molecular complexity index is 473. The van der Waals surface area contributed by atoms with Crippen LogP contribution in [0.2, 0.25) is 0 Å². The van der Waals surface area contributed by atoms with Crippen molar-refractivity contribution >= 4 is 32.8 Å². The molecule has 0 aromatic carbocycles. The molecule has 0 fully saturated rings. The van der Waals surface area contributed by atoms with Crippen molar-refractivity contribution in [1.29, 1.82) is 0 Å². The zero-order chi connectivity index (χ0) is 13.5. The molecule has 1 rings (SSSR count). The van der Waals surface area contributed by atoms with Gasteiger partial charge in [0.1, 0.15) is 0 Å². The molecule has 0 aliphatic rings. The Kier molecular flexibility index (Phi) is 7.21. The fourth-order valence-corrected chi connectivity index (χ4v) is 1.39. The lowest BCUT2D eigenvalue weighted by atomic mass is 10.5. The van der Waals surface area contributed by atoms with E-state index in [1.807, 2.05) is 0 Å². The van der Waals surface area contributed by atoms with Crippen LogP contribution < -0.4 is 0 Å². The van der Waals surface area contributed by atoms with E-state index >= 15 is 0 Å². The van der Waals surface area contributed by atoms with Crippen LogP contribution in [0, 0.1) is 0 Å². The van der Waals surface area contributed by atoms with Gasteiger partial charge >= 0.3 is 32.8 Å². The Morgan fingerprint density at radius 1 is 1.18 bits per heavy atom. The van der Waals surface area contributed by atoms with Gasteiger partial charge < -0.3 is 0 Å². The molecule has 0 unspecified atom stereocenters. The maximum absolute atomic E-state index is 10.3. The highest BCUT2D eigenvalue weighted by Gasteiger charge is 2.07. The molecule has 17 heavy (non-hydrogen) atoms. The second-order valence-corrected chi connectivity index (χ2v) is 4.93. The monoisotopic (exact) mass is 305 g/mol. The lowest BCUT2D eigenvalue weighted by Gasteiger charge is -1.91. The third kappa shape index (κ3) is 8.99. The number of pyridine rings is 1. The molecule has 12 heteroatoms. The third-order valence-corrected chi connectivity index (χ3v) is 2.72. The van der Waals surface area contributed by atoms with E-state index in [1.165, 1.54) is 18.3 Å². The van der Waals surface area contributed by atoms with Crippen LogP contribution >= 0.6 is 0 Å². The average molecular weight is 305 g/mol. The first-order chi connectivity index (χ1) is 7.73. The summed E-state index contributed by atoms with van der Waals surface area (Å²) in [4.78, 5) is 3.41. The molecule has 1 aromatic rings.